The third kappa shape index (κ3) is 8.40. The first-order chi connectivity index (χ1) is 19.6. The predicted molar refractivity (Wildman–Crippen MR) is 146 cm³/mol. The average Bonchev–Trinajstić information content (AvgIpc) is 3.45. The molecule has 0 unspecified atom stereocenters. The first kappa shape index (κ1) is 32.8. The Balaban J connectivity index is 1.89. The topological polar surface area (TPSA) is 59.1 Å². The molecule has 0 saturated carbocycles. The molecule has 0 atom stereocenters. The van der Waals surface area contributed by atoms with Crippen molar-refractivity contribution in [1.29, 1.82) is 0 Å². The lowest BCUT2D eigenvalue weighted by Gasteiger charge is -2.30. The van der Waals surface area contributed by atoms with Crippen LogP contribution in [0.4, 0.5) is 26.3 Å². The highest BCUT2D eigenvalue weighted by Crippen LogP contribution is 2.36. The highest BCUT2D eigenvalue weighted by atomic mass is 32.1. The Morgan fingerprint density at radius 3 is 2.00 bits per heavy atom. The van der Waals surface area contributed by atoms with Gasteiger partial charge in [-0.15, -0.1) is 11.3 Å². The third-order valence-electron chi connectivity index (χ3n) is 6.42. The Morgan fingerprint density at radius 1 is 0.881 bits per heavy atom. The summed E-state index contributed by atoms with van der Waals surface area (Å²) in [7, 11) is 3.00. The molecule has 6 nitrogen and oxygen atoms in total. The van der Waals surface area contributed by atoms with E-state index in [1.54, 1.807) is 12.1 Å². The molecule has 0 radical (unpaired) electrons. The Bertz CT molecular complexity index is 1340. The maximum absolute atomic E-state index is 13.5. The van der Waals surface area contributed by atoms with Gasteiger partial charge in [0.15, 0.2) is 11.5 Å². The van der Waals surface area contributed by atoms with E-state index in [1.165, 1.54) is 44.3 Å². The molecule has 0 fully saturated rings. The lowest BCUT2D eigenvalue weighted by atomic mass is 10.0. The van der Waals surface area contributed by atoms with Crippen molar-refractivity contribution >= 4 is 23.2 Å². The van der Waals surface area contributed by atoms with Crippen LogP contribution in [0.3, 0.4) is 0 Å². The van der Waals surface area contributed by atoms with Crippen LogP contribution < -0.4 is 9.47 Å². The van der Waals surface area contributed by atoms with Crippen molar-refractivity contribution in [1.82, 2.24) is 9.80 Å². The summed E-state index contributed by atoms with van der Waals surface area (Å²) in [5.41, 5.74) is -3.19. The molecule has 0 saturated heterocycles. The van der Waals surface area contributed by atoms with Gasteiger partial charge in [-0.1, -0.05) is 12.1 Å². The van der Waals surface area contributed by atoms with Crippen LogP contribution in [-0.2, 0) is 30.1 Å². The normalized spacial score (nSPS) is 11.9. The minimum Gasteiger partial charge on any atom is -0.493 e. The second-order valence-corrected chi connectivity index (χ2v) is 10.7. The summed E-state index contributed by atoms with van der Waals surface area (Å²) in [5.74, 6) is -0.607. The Kier molecular flexibility index (Phi) is 10.5. The first-order valence-corrected chi connectivity index (χ1v) is 13.6. The molecular weight excluding hydrogens is 586 g/mol. The van der Waals surface area contributed by atoms with E-state index in [4.69, 9.17) is 9.47 Å². The lowest BCUT2D eigenvalue weighted by molar-refractivity contribution is -0.143. The van der Waals surface area contributed by atoms with Gasteiger partial charge in [0.25, 0.3) is 5.91 Å². The van der Waals surface area contributed by atoms with E-state index in [0.717, 1.165) is 15.3 Å². The molecule has 13 heteroatoms. The molecular formula is C29H30F6N2O4S. The minimum atomic E-state index is -5.11. The van der Waals surface area contributed by atoms with Gasteiger partial charge in [0, 0.05) is 23.0 Å². The molecule has 3 rings (SSSR count). The summed E-state index contributed by atoms with van der Waals surface area (Å²) >= 11 is 1.41. The van der Waals surface area contributed by atoms with Gasteiger partial charge in [0.05, 0.1) is 31.9 Å². The highest BCUT2D eigenvalue weighted by Gasteiger charge is 2.38. The molecule has 228 valence electrons. The number of hydrogen-bond acceptors (Lipinski definition) is 5. The number of benzene rings is 2. The maximum Gasteiger partial charge on any atom is 0.416 e. The zero-order valence-electron chi connectivity index (χ0n) is 23.3. The molecule has 0 aliphatic carbocycles. The van der Waals surface area contributed by atoms with Gasteiger partial charge in [0.1, 0.15) is 6.54 Å². The number of halogens is 6. The van der Waals surface area contributed by atoms with Crippen molar-refractivity contribution in [3.8, 4) is 11.5 Å². The van der Waals surface area contributed by atoms with E-state index in [0.29, 0.717) is 30.1 Å². The Morgan fingerprint density at radius 2 is 1.50 bits per heavy atom. The van der Waals surface area contributed by atoms with Crippen molar-refractivity contribution in [3.63, 3.8) is 0 Å². The summed E-state index contributed by atoms with van der Waals surface area (Å²) in [4.78, 5) is 30.2. The SMILES string of the molecule is COc1ccc(CCN(Cc2cccs2)C(=O)CN(C(=O)c2cc(C(F)(F)F)cc(C(F)(F)F)c2)C(C)C)cc1OC. The number of alkyl halides is 6. The third-order valence-corrected chi connectivity index (χ3v) is 7.28. The number of hydrogen-bond donors (Lipinski definition) is 0. The van der Waals surface area contributed by atoms with Gasteiger partial charge >= 0.3 is 12.4 Å². The average molecular weight is 617 g/mol. The van der Waals surface area contributed by atoms with Crippen LogP contribution in [-0.4, -0.2) is 55.0 Å². The minimum absolute atomic E-state index is 0.0431. The van der Waals surface area contributed by atoms with Crippen LogP contribution >= 0.6 is 11.3 Å². The molecule has 42 heavy (non-hydrogen) atoms. The first-order valence-electron chi connectivity index (χ1n) is 12.8. The number of amides is 2. The van der Waals surface area contributed by atoms with Gasteiger partial charge < -0.3 is 19.3 Å². The molecule has 2 aromatic carbocycles. The van der Waals surface area contributed by atoms with Gasteiger partial charge in [-0.25, -0.2) is 0 Å². The Labute approximate surface area is 243 Å². The number of carbonyl (C=O) groups excluding carboxylic acids is 2. The van der Waals surface area contributed by atoms with E-state index in [2.05, 4.69) is 0 Å². The van der Waals surface area contributed by atoms with Gasteiger partial charge in [-0.05, 0) is 67.6 Å². The summed E-state index contributed by atoms with van der Waals surface area (Å²) in [6, 6.07) is 8.94. The Hall–Kier alpha value is -3.74. The van der Waals surface area contributed by atoms with Crippen LogP contribution in [0.15, 0.2) is 53.9 Å². The molecule has 1 aromatic heterocycles. The summed E-state index contributed by atoms with van der Waals surface area (Å²) in [6.45, 7) is 2.92. The van der Waals surface area contributed by atoms with Crippen molar-refractivity contribution in [2.45, 2.75) is 45.2 Å². The zero-order valence-corrected chi connectivity index (χ0v) is 24.1. The monoisotopic (exact) mass is 616 g/mol. The van der Waals surface area contributed by atoms with Crippen molar-refractivity contribution in [3.05, 3.63) is 81.0 Å². The number of rotatable bonds is 11. The number of nitrogens with zero attached hydrogens (tertiary/aromatic N) is 2. The van der Waals surface area contributed by atoms with Crippen LogP contribution in [0.25, 0.3) is 0 Å². The van der Waals surface area contributed by atoms with Gasteiger partial charge in [-0.3, -0.25) is 9.59 Å². The standard InChI is InChI=1S/C29H30F6N2O4S/c1-18(2)37(27(39)20-13-21(28(30,31)32)15-22(14-20)29(33,34)35)17-26(38)36(16-23-6-5-11-42-23)10-9-19-7-8-24(40-3)25(12-19)41-4/h5-8,11-15,18H,9-10,16-17H2,1-4H3. The van der Waals surface area contributed by atoms with Gasteiger partial charge in [0.2, 0.25) is 5.91 Å². The van der Waals surface area contributed by atoms with Gasteiger partial charge in [-0.2, -0.15) is 26.3 Å². The molecule has 0 spiro atoms. The smallest absolute Gasteiger partial charge is 0.416 e. The molecule has 1 heterocycles. The molecule has 3 aromatic rings. The van der Waals surface area contributed by atoms with Crippen LogP contribution in [0.5, 0.6) is 11.5 Å². The number of carbonyl (C=O) groups is 2. The van der Waals surface area contributed by atoms with E-state index in [-0.39, 0.29) is 19.2 Å². The molecule has 0 N–H and O–H groups in total. The van der Waals surface area contributed by atoms with E-state index in [9.17, 15) is 35.9 Å². The fraction of sp³-hybridized carbons (Fsp3) is 0.379. The summed E-state index contributed by atoms with van der Waals surface area (Å²) in [5, 5.41) is 1.84. The molecule has 0 aliphatic heterocycles. The van der Waals surface area contributed by atoms with E-state index >= 15 is 0 Å². The summed E-state index contributed by atoms with van der Waals surface area (Å²) in [6.07, 6.45) is -9.83. The van der Waals surface area contributed by atoms with Crippen molar-refractivity contribution in [2.75, 3.05) is 27.3 Å². The van der Waals surface area contributed by atoms with Crippen molar-refractivity contribution in [2.24, 2.45) is 0 Å². The lowest BCUT2D eigenvalue weighted by Crippen LogP contribution is -2.46. The zero-order chi connectivity index (χ0) is 31.2. The van der Waals surface area contributed by atoms with Crippen LogP contribution in [0.1, 0.15) is 45.8 Å². The molecule has 2 amide bonds. The largest absolute Gasteiger partial charge is 0.493 e. The fourth-order valence-corrected chi connectivity index (χ4v) is 4.88. The number of ether oxygens (including phenoxy) is 2. The fourth-order valence-electron chi connectivity index (χ4n) is 4.16. The van der Waals surface area contributed by atoms with Crippen LogP contribution in [0.2, 0.25) is 0 Å². The van der Waals surface area contributed by atoms with Crippen molar-refractivity contribution < 1.29 is 45.4 Å². The van der Waals surface area contributed by atoms with Crippen LogP contribution in [0, 0.1) is 0 Å². The maximum atomic E-state index is 13.5. The number of methoxy groups -OCH3 is 2. The van der Waals surface area contributed by atoms with E-state index in [1.807, 2.05) is 23.6 Å². The molecule has 0 aliphatic rings. The second kappa shape index (κ2) is 13.5. The molecule has 0 bridgehead atoms. The summed E-state index contributed by atoms with van der Waals surface area (Å²) < 4.78 is 91.0. The number of thiophene rings is 1. The quantitative estimate of drug-likeness (QED) is 0.220. The highest BCUT2D eigenvalue weighted by molar-refractivity contribution is 7.09. The predicted octanol–water partition coefficient (Wildman–Crippen LogP) is 6.93. The second-order valence-electron chi connectivity index (χ2n) is 9.66. The van der Waals surface area contributed by atoms with E-state index < -0.39 is 53.4 Å².